The van der Waals surface area contributed by atoms with Gasteiger partial charge in [-0.3, -0.25) is 9.59 Å². The van der Waals surface area contributed by atoms with Gasteiger partial charge < -0.3 is 39.4 Å². The first kappa shape index (κ1) is 53.9. The summed E-state index contributed by atoms with van der Waals surface area (Å²) in [5.41, 5.74) is 0. The molecule has 4 N–H and O–H groups in total. The van der Waals surface area contributed by atoms with E-state index in [1.165, 1.54) is 96.3 Å². The van der Waals surface area contributed by atoms with E-state index in [0.717, 1.165) is 70.6 Å². The van der Waals surface area contributed by atoms with Crippen LogP contribution in [0.15, 0.2) is 36.5 Å². The molecule has 0 radical (unpaired) electrons. The van der Waals surface area contributed by atoms with Crippen LogP contribution in [-0.2, 0) is 28.5 Å². The van der Waals surface area contributed by atoms with Gasteiger partial charge in [0.25, 0.3) is 0 Å². The molecule has 0 aromatic heterocycles. The van der Waals surface area contributed by atoms with Crippen LogP contribution in [0.2, 0.25) is 0 Å². The molecule has 0 spiro atoms. The van der Waals surface area contributed by atoms with E-state index in [1.807, 2.05) is 0 Å². The lowest BCUT2D eigenvalue weighted by atomic mass is 9.99. The van der Waals surface area contributed by atoms with Crippen LogP contribution in [0.25, 0.3) is 0 Å². The van der Waals surface area contributed by atoms with E-state index < -0.39 is 49.4 Å². The Kier molecular flexibility index (Phi) is 36.3. The first-order valence-electron chi connectivity index (χ1n) is 23.6. The molecule has 1 aliphatic heterocycles. The van der Waals surface area contributed by atoms with E-state index in [-0.39, 0.29) is 32.0 Å². The van der Waals surface area contributed by atoms with E-state index in [1.54, 1.807) is 0 Å². The van der Waals surface area contributed by atoms with Crippen LogP contribution in [0.3, 0.4) is 0 Å². The first-order valence-corrected chi connectivity index (χ1v) is 23.6. The Labute approximate surface area is 353 Å². The molecule has 6 unspecified atom stereocenters. The summed E-state index contributed by atoms with van der Waals surface area (Å²) in [5.74, 6) is -0.822. The normalized spacial score (nSPS) is 20.4. The zero-order valence-corrected chi connectivity index (χ0v) is 36.8. The van der Waals surface area contributed by atoms with Crippen LogP contribution >= 0.6 is 0 Å². The summed E-state index contributed by atoms with van der Waals surface area (Å²) in [7, 11) is 0. The van der Waals surface area contributed by atoms with E-state index in [2.05, 4.69) is 50.3 Å². The SMILES string of the molecule is CCCC/C=C\C/C=C\CCCCCCCC(=O)OC(COC(=O)CCCCCCCCCCC/C=C\CCCCCCCC)COC1OC(CO)C(O)C(O)C1O. The summed E-state index contributed by atoms with van der Waals surface area (Å²) >= 11 is 0. The van der Waals surface area contributed by atoms with E-state index in [0.29, 0.717) is 6.42 Å². The van der Waals surface area contributed by atoms with Crippen molar-refractivity contribution in [3.05, 3.63) is 36.5 Å². The number of carbonyl (C=O) groups is 2. The molecule has 1 rings (SSSR count). The van der Waals surface area contributed by atoms with E-state index >= 15 is 0 Å². The topological polar surface area (TPSA) is 152 Å². The first-order chi connectivity index (χ1) is 28.3. The van der Waals surface area contributed by atoms with Crippen molar-refractivity contribution >= 4 is 11.9 Å². The highest BCUT2D eigenvalue weighted by atomic mass is 16.7. The lowest BCUT2D eigenvalue weighted by molar-refractivity contribution is -0.305. The molecular weight excluding hydrogens is 737 g/mol. The number of ether oxygens (including phenoxy) is 4. The highest BCUT2D eigenvalue weighted by molar-refractivity contribution is 5.70. The highest BCUT2D eigenvalue weighted by Crippen LogP contribution is 2.23. The van der Waals surface area contributed by atoms with Gasteiger partial charge in [-0.25, -0.2) is 0 Å². The lowest BCUT2D eigenvalue weighted by Crippen LogP contribution is -2.59. The lowest BCUT2D eigenvalue weighted by Gasteiger charge is -2.39. The maximum atomic E-state index is 12.8. The van der Waals surface area contributed by atoms with Gasteiger partial charge in [0.05, 0.1) is 13.2 Å². The highest BCUT2D eigenvalue weighted by Gasteiger charge is 2.44. The maximum Gasteiger partial charge on any atom is 0.306 e. The van der Waals surface area contributed by atoms with Crippen LogP contribution < -0.4 is 0 Å². The van der Waals surface area contributed by atoms with Crippen molar-refractivity contribution < 1.29 is 49.0 Å². The molecule has 0 saturated carbocycles. The van der Waals surface area contributed by atoms with Gasteiger partial charge in [-0.15, -0.1) is 0 Å². The fourth-order valence-corrected chi connectivity index (χ4v) is 6.96. The number of rotatable bonds is 39. The smallest absolute Gasteiger partial charge is 0.306 e. The number of esters is 2. The number of unbranched alkanes of at least 4 members (excludes halogenated alkanes) is 22. The number of aliphatic hydroxyl groups excluding tert-OH is 4. The molecule has 0 amide bonds. The minimum absolute atomic E-state index is 0.214. The van der Waals surface area contributed by atoms with Crippen molar-refractivity contribution in [1.29, 1.82) is 0 Å². The van der Waals surface area contributed by atoms with Gasteiger partial charge in [0.1, 0.15) is 31.0 Å². The number of hydrogen-bond acceptors (Lipinski definition) is 10. The van der Waals surface area contributed by atoms with Crippen molar-refractivity contribution in [1.82, 2.24) is 0 Å². The summed E-state index contributed by atoms with van der Waals surface area (Å²) in [5, 5.41) is 40.1. The van der Waals surface area contributed by atoms with Crippen LogP contribution in [0, 0.1) is 0 Å². The fourth-order valence-electron chi connectivity index (χ4n) is 6.96. The molecule has 1 aliphatic rings. The number of hydrogen-bond donors (Lipinski definition) is 4. The van der Waals surface area contributed by atoms with Gasteiger partial charge in [0.15, 0.2) is 12.4 Å². The second-order valence-electron chi connectivity index (χ2n) is 16.2. The molecule has 1 fully saturated rings. The Morgan fingerprint density at radius 3 is 1.50 bits per heavy atom. The Morgan fingerprint density at radius 1 is 0.534 bits per heavy atom. The van der Waals surface area contributed by atoms with Crippen LogP contribution in [-0.4, -0.2) is 89.0 Å². The Morgan fingerprint density at radius 2 is 0.983 bits per heavy atom. The average molecular weight is 823 g/mol. The minimum Gasteiger partial charge on any atom is -0.462 e. The summed E-state index contributed by atoms with van der Waals surface area (Å²) in [4.78, 5) is 25.3. The fraction of sp³-hybridized carbons (Fsp3) is 0.833. The third kappa shape index (κ3) is 30.0. The molecule has 1 saturated heterocycles. The molecule has 58 heavy (non-hydrogen) atoms. The molecule has 0 aromatic rings. The van der Waals surface area contributed by atoms with E-state index in [4.69, 9.17) is 18.9 Å². The predicted molar refractivity (Wildman–Crippen MR) is 233 cm³/mol. The average Bonchev–Trinajstić information content (AvgIpc) is 3.22. The second-order valence-corrected chi connectivity index (χ2v) is 16.2. The molecule has 6 atom stereocenters. The number of aliphatic hydroxyl groups is 4. The molecule has 1 heterocycles. The van der Waals surface area contributed by atoms with Crippen LogP contribution in [0.4, 0.5) is 0 Å². The molecule has 338 valence electrons. The third-order valence-electron chi connectivity index (χ3n) is 10.7. The standard InChI is InChI=1S/C48H86O10/c1-3-5-7-9-11-13-15-17-19-20-21-22-23-25-26-28-30-32-34-36-43(50)55-39-41(40-56-48-47(54)46(53)45(52)42(38-49)58-48)57-44(51)37-35-33-31-29-27-24-18-16-14-12-10-8-6-4-2/h10,12,16-19,41-42,45-49,52-54H,3-9,11,13-15,20-40H2,1-2H3/b12-10-,18-16-,19-17-. The predicted octanol–water partition coefficient (Wildman–Crippen LogP) is 10.3. The largest absolute Gasteiger partial charge is 0.462 e. The molecule has 0 aromatic carbocycles. The summed E-state index contributed by atoms with van der Waals surface area (Å²) in [6, 6.07) is 0. The van der Waals surface area contributed by atoms with Crippen molar-refractivity contribution in [3.63, 3.8) is 0 Å². The van der Waals surface area contributed by atoms with Gasteiger partial charge in [0.2, 0.25) is 0 Å². The van der Waals surface area contributed by atoms with Crippen molar-refractivity contribution in [2.24, 2.45) is 0 Å². The van der Waals surface area contributed by atoms with Gasteiger partial charge in [-0.1, -0.05) is 159 Å². The zero-order chi connectivity index (χ0) is 42.3. The maximum absolute atomic E-state index is 12.8. The van der Waals surface area contributed by atoms with E-state index in [9.17, 15) is 30.0 Å². The second kappa shape index (κ2) is 39.1. The Hall–Kier alpha value is -2.08. The number of carbonyl (C=O) groups excluding carboxylic acids is 2. The van der Waals surface area contributed by atoms with Crippen molar-refractivity contribution in [2.75, 3.05) is 19.8 Å². The summed E-state index contributed by atoms with van der Waals surface area (Å²) < 4.78 is 22.2. The van der Waals surface area contributed by atoms with Crippen LogP contribution in [0.1, 0.15) is 200 Å². The van der Waals surface area contributed by atoms with Crippen LogP contribution in [0.5, 0.6) is 0 Å². The Balaban J connectivity index is 2.30. The van der Waals surface area contributed by atoms with Gasteiger partial charge in [-0.05, 0) is 64.2 Å². The van der Waals surface area contributed by atoms with Gasteiger partial charge in [-0.2, -0.15) is 0 Å². The monoisotopic (exact) mass is 823 g/mol. The zero-order valence-electron chi connectivity index (χ0n) is 36.8. The molecule has 10 heteroatoms. The third-order valence-corrected chi connectivity index (χ3v) is 10.7. The quantitative estimate of drug-likeness (QED) is 0.0268. The molecule has 0 bridgehead atoms. The van der Waals surface area contributed by atoms with Gasteiger partial charge >= 0.3 is 11.9 Å². The molecule has 0 aliphatic carbocycles. The molecule has 10 nitrogen and oxygen atoms in total. The summed E-state index contributed by atoms with van der Waals surface area (Å²) in [6.07, 6.45) is 37.2. The minimum atomic E-state index is -1.60. The summed E-state index contributed by atoms with van der Waals surface area (Å²) in [6.45, 7) is 3.37. The molecular formula is C48H86O10. The Bertz CT molecular complexity index is 1040. The van der Waals surface area contributed by atoms with Gasteiger partial charge in [0, 0.05) is 12.8 Å². The van der Waals surface area contributed by atoms with Crippen molar-refractivity contribution in [2.45, 2.75) is 237 Å². The number of allylic oxidation sites excluding steroid dienone is 6. The van der Waals surface area contributed by atoms with Crippen molar-refractivity contribution in [3.8, 4) is 0 Å².